The Kier molecular flexibility index (Phi) is 5.14. The third kappa shape index (κ3) is 3.93. The van der Waals surface area contributed by atoms with Crippen molar-refractivity contribution in [3.8, 4) is 5.75 Å². The molecule has 1 aliphatic heterocycles. The molecule has 0 spiro atoms. The number of carbonyl (C=O) groups is 1. The highest BCUT2D eigenvalue weighted by atomic mass is 16.6. The topological polar surface area (TPSA) is 72.7 Å². The van der Waals surface area contributed by atoms with Gasteiger partial charge in [0.15, 0.2) is 6.61 Å². The fourth-order valence-electron chi connectivity index (χ4n) is 2.67. The quantitative estimate of drug-likeness (QED) is 0.618. The maximum atomic E-state index is 12.2. The van der Waals surface area contributed by atoms with Crippen LogP contribution < -0.4 is 4.74 Å². The second-order valence-corrected chi connectivity index (χ2v) is 5.19. The van der Waals surface area contributed by atoms with Crippen LogP contribution in [0.15, 0.2) is 24.3 Å². The van der Waals surface area contributed by atoms with Crippen molar-refractivity contribution in [2.45, 2.75) is 38.6 Å². The first-order valence-corrected chi connectivity index (χ1v) is 7.28. The van der Waals surface area contributed by atoms with Crippen LogP contribution in [0.25, 0.3) is 0 Å². The summed E-state index contributed by atoms with van der Waals surface area (Å²) in [5, 5.41) is 10.7. The van der Waals surface area contributed by atoms with Crippen molar-refractivity contribution >= 4 is 11.6 Å². The monoisotopic (exact) mass is 292 g/mol. The Morgan fingerprint density at radius 1 is 1.48 bits per heavy atom. The molecule has 1 aliphatic rings. The molecule has 114 valence electrons. The Bertz CT molecular complexity index is 518. The summed E-state index contributed by atoms with van der Waals surface area (Å²) < 4.78 is 5.41. The molecule has 1 saturated heterocycles. The molecule has 0 N–H and O–H groups in total. The van der Waals surface area contributed by atoms with Crippen molar-refractivity contribution in [3.05, 3.63) is 34.4 Å². The number of piperidine rings is 1. The third-order valence-electron chi connectivity index (χ3n) is 3.81. The summed E-state index contributed by atoms with van der Waals surface area (Å²) in [6.07, 6.45) is 4.18. The highest BCUT2D eigenvalue weighted by Gasteiger charge is 2.25. The van der Waals surface area contributed by atoms with Crippen molar-refractivity contribution in [1.29, 1.82) is 0 Å². The van der Waals surface area contributed by atoms with Gasteiger partial charge in [-0.3, -0.25) is 14.9 Å². The van der Waals surface area contributed by atoms with Crippen LogP contribution in [0.4, 0.5) is 5.69 Å². The SMILES string of the molecule is CCC1CCCCN1C(=O)COc1cccc([N+](=O)[O-])c1. The van der Waals surface area contributed by atoms with Gasteiger partial charge in [-0.15, -0.1) is 0 Å². The Morgan fingerprint density at radius 2 is 2.29 bits per heavy atom. The van der Waals surface area contributed by atoms with Crippen LogP contribution >= 0.6 is 0 Å². The van der Waals surface area contributed by atoms with Gasteiger partial charge in [-0.2, -0.15) is 0 Å². The van der Waals surface area contributed by atoms with E-state index in [2.05, 4.69) is 6.92 Å². The molecule has 0 aliphatic carbocycles. The number of benzene rings is 1. The number of nitrogens with zero attached hydrogens (tertiary/aromatic N) is 2. The molecule has 1 unspecified atom stereocenters. The van der Waals surface area contributed by atoms with Gasteiger partial charge >= 0.3 is 0 Å². The lowest BCUT2D eigenvalue weighted by Crippen LogP contribution is -2.45. The number of likely N-dealkylation sites (tertiary alicyclic amines) is 1. The van der Waals surface area contributed by atoms with Crippen LogP contribution in [0.1, 0.15) is 32.6 Å². The second-order valence-electron chi connectivity index (χ2n) is 5.19. The van der Waals surface area contributed by atoms with Crippen molar-refractivity contribution in [2.75, 3.05) is 13.2 Å². The molecular weight excluding hydrogens is 272 g/mol. The first-order valence-electron chi connectivity index (χ1n) is 7.28. The lowest BCUT2D eigenvalue weighted by atomic mass is 10.00. The highest BCUT2D eigenvalue weighted by molar-refractivity contribution is 5.78. The zero-order valence-corrected chi connectivity index (χ0v) is 12.2. The van der Waals surface area contributed by atoms with E-state index in [9.17, 15) is 14.9 Å². The summed E-state index contributed by atoms with van der Waals surface area (Å²) in [6.45, 7) is 2.78. The van der Waals surface area contributed by atoms with Gasteiger partial charge in [0, 0.05) is 18.7 Å². The minimum atomic E-state index is -0.480. The molecule has 1 aromatic rings. The Morgan fingerprint density at radius 3 is 3.00 bits per heavy atom. The molecule has 2 rings (SSSR count). The average molecular weight is 292 g/mol. The van der Waals surface area contributed by atoms with E-state index in [0.29, 0.717) is 11.8 Å². The lowest BCUT2D eigenvalue weighted by molar-refractivity contribution is -0.384. The minimum absolute atomic E-state index is 0.0376. The molecule has 21 heavy (non-hydrogen) atoms. The van der Waals surface area contributed by atoms with Gasteiger partial charge in [0.1, 0.15) is 5.75 Å². The van der Waals surface area contributed by atoms with E-state index in [-0.39, 0.29) is 18.2 Å². The van der Waals surface area contributed by atoms with Crippen molar-refractivity contribution in [1.82, 2.24) is 4.90 Å². The van der Waals surface area contributed by atoms with Crippen molar-refractivity contribution in [3.63, 3.8) is 0 Å². The summed E-state index contributed by atoms with van der Waals surface area (Å²) in [6, 6.07) is 6.19. The van der Waals surface area contributed by atoms with E-state index in [1.165, 1.54) is 12.1 Å². The Balaban J connectivity index is 1.94. The first-order chi connectivity index (χ1) is 10.1. The summed E-state index contributed by atoms with van der Waals surface area (Å²) in [5.74, 6) is 0.302. The molecule has 0 radical (unpaired) electrons. The van der Waals surface area contributed by atoms with E-state index in [1.807, 2.05) is 4.90 Å². The number of amides is 1. The van der Waals surface area contributed by atoms with E-state index < -0.39 is 4.92 Å². The van der Waals surface area contributed by atoms with Gasteiger partial charge in [0.2, 0.25) is 0 Å². The molecule has 1 fully saturated rings. The third-order valence-corrected chi connectivity index (χ3v) is 3.81. The van der Waals surface area contributed by atoms with Crippen molar-refractivity contribution in [2.24, 2.45) is 0 Å². The summed E-state index contributed by atoms with van der Waals surface area (Å²) in [7, 11) is 0. The lowest BCUT2D eigenvalue weighted by Gasteiger charge is -2.35. The first kappa shape index (κ1) is 15.3. The van der Waals surface area contributed by atoms with E-state index in [0.717, 1.165) is 32.2 Å². The molecule has 6 nitrogen and oxygen atoms in total. The van der Waals surface area contributed by atoms with E-state index in [4.69, 9.17) is 4.74 Å². The predicted octanol–water partition coefficient (Wildman–Crippen LogP) is 2.76. The van der Waals surface area contributed by atoms with E-state index >= 15 is 0 Å². The Hall–Kier alpha value is -2.11. The average Bonchev–Trinajstić information content (AvgIpc) is 2.52. The number of hydrogen-bond acceptors (Lipinski definition) is 4. The van der Waals surface area contributed by atoms with Gasteiger partial charge in [0.25, 0.3) is 11.6 Å². The second kappa shape index (κ2) is 7.06. The summed E-state index contributed by atoms with van der Waals surface area (Å²) in [5.41, 5.74) is -0.0376. The zero-order valence-electron chi connectivity index (χ0n) is 12.2. The zero-order chi connectivity index (χ0) is 15.2. The predicted molar refractivity (Wildman–Crippen MR) is 78.2 cm³/mol. The van der Waals surface area contributed by atoms with Gasteiger partial charge in [-0.05, 0) is 31.7 Å². The number of nitro groups is 1. The van der Waals surface area contributed by atoms with Crippen LogP contribution in [-0.2, 0) is 4.79 Å². The molecule has 0 aromatic heterocycles. The summed E-state index contributed by atoms with van der Waals surface area (Å²) >= 11 is 0. The van der Waals surface area contributed by atoms with Gasteiger partial charge in [-0.1, -0.05) is 13.0 Å². The molecule has 1 aromatic carbocycles. The van der Waals surface area contributed by atoms with Gasteiger partial charge in [0.05, 0.1) is 11.0 Å². The molecule has 1 amide bonds. The number of non-ortho nitro benzene ring substituents is 1. The number of rotatable bonds is 5. The van der Waals surface area contributed by atoms with Crippen LogP contribution in [0, 0.1) is 10.1 Å². The maximum absolute atomic E-state index is 12.2. The smallest absolute Gasteiger partial charge is 0.273 e. The molecular formula is C15H20N2O4. The van der Waals surface area contributed by atoms with E-state index in [1.54, 1.807) is 12.1 Å². The minimum Gasteiger partial charge on any atom is -0.484 e. The fourth-order valence-corrected chi connectivity index (χ4v) is 2.67. The van der Waals surface area contributed by atoms with Crippen LogP contribution in [0.3, 0.4) is 0 Å². The van der Waals surface area contributed by atoms with Crippen LogP contribution in [-0.4, -0.2) is 34.9 Å². The number of nitro benzene ring substituents is 1. The normalized spacial score (nSPS) is 18.3. The summed E-state index contributed by atoms with van der Waals surface area (Å²) in [4.78, 5) is 24.3. The molecule has 1 atom stereocenters. The van der Waals surface area contributed by atoms with Crippen LogP contribution in [0.2, 0.25) is 0 Å². The number of ether oxygens (including phenoxy) is 1. The molecule has 0 saturated carbocycles. The van der Waals surface area contributed by atoms with Gasteiger partial charge in [-0.25, -0.2) is 0 Å². The highest BCUT2D eigenvalue weighted by Crippen LogP contribution is 2.21. The molecule has 0 bridgehead atoms. The Labute approximate surface area is 123 Å². The largest absolute Gasteiger partial charge is 0.484 e. The number of carbonyl (C=O) groups excluding carboxylic acids is 1. The standard InChI is InChI=1S/C15H20N2O4/c1-2-12-6-3-4-9-16(12)15(18)11-21-14-8-5-7-13(10-14)17(19)20/h5,7-8,10,12H,2-4,6,9,11H2,1H3. The molecule has 1 heterocycles. The maximum Gasteiger partial charge on any atom is 0.273 e. The van der Waals surface area contributed by atoms with Crippen LogP contribution in [0.5, 0.6) is 5.75 Å². The molecule has 6 heteroatoms. The van der Waals surface area contributed by atoms with Crippen molar-refractivity contribution < 1.29 is 14.5 Å². The van der Waals surface area contributed by atoms with Gasteiger partial charge < -0.3 is 9.64 Å². The fraction of sp³-hybridized carbons (Fsp3) is 0.533. The number of hydrogen-bond donors (Lipinski definition) is 0.